The molecule has 0 bridgehead atoms. The van der Waals surface area contributed by atoms with Crippen LogP contribution in [0.25, 0.3) is 0 Å². The average molecular weight is 376 g/mol. The van der Waals surface area contributed by atoms with E-state index < -0.39 is 17.3 Å². The molecule has 0 unspecified atom stereocenters. The van der Waals surface area contributed by atoms with E-state index in [0.29, 0.717) is 18.5 Å². The van der Waals surface area contributed by atoms with Gasteiger partial charge < -0.3 is 10.4 Å². The third-order valence-corrected chi connectivity index (χ3v) is 4.04. The zero-order valence-corrected chi connectivity index (χ0v) is 14.4. The maximum atomic E-state index is 13.1. The number of anilines is 2. The van der Waals surface area contributed by atoms with Crippen molar-refractivity contribution in [2.24, 2.45) is 0 Å². The van der Waals surface area contributed by atoms with Crippen LogP contribution < -0.4 is 5.32 Å². The van der Waals surface area contributed by atoms with Gasteiger partial charge in [-0.05, 0) is 26.7 Å². The van der Waals surface area contributed by atoms with Crippen molar-refractivity contribution in [1.29, 1.82) is 0 Å². The molecular weight excluding hydrogens is 359 g/mol. The van der Waals surface area contributed by atoms with Gasteiger partial charge in [-0.15, -0.1) is 0 Å². The number of hydrogen-bond donors (Lipinski definition) is 2. The van der Waals surface area contributed by atoms with E-state index in [4.69, 9.17) is 11.6 Å². The number of hydrogen-bond acceptors (Lipinski definition) is 5. The maximum Gasteiger partial charge on any atom is 0.419 e. The van der Waals surface area contributed by atoms with Crippen LogP contribution in [0, 0.1) is 0 Å². The van der Waals surface area contributed by atoms with Gasteiger partial charge in [0.05, 0.1) is 35.3 Å². The summed E-state index contributed by atoms with van der Waals surface area (Å²) in [6, 6.07) is 0. The van der Waals surface area contributed by atoms with Crippen LogP contribution >= 0.6 is 11.6 Å². The van der Waals surface area contributed by atoms with Gasteiger partial charge in [0.2, 0.25) is 5.95 Å². The highest BCUT2D eigenvalue weighted by Crippen LogP contribution is 2.45. The molecule has 2 aromatic rings. The molecule has 1 aliphatic rings. The molecule has 0 aliphatic heterocycles. The second kappa shape index (κ2) is 6.14. The van der Waals surface area contributed by atoms with E-state index in [9.17, 15) is 18.3 Å². The van der Waals surface area contributed by atoms with Crippen LogP contribution in [0.1, 0.15) is 43.9 Å². The van der Waals surface area contributed by atoms with Gasteiger partial charge in [-0.3, -0.25) is 0 Å². The van der Waals surface area contributed by atoms with Gasteiger partial charge in [0.1, 0.15) is 0 Å². The summed E-state index contributed by atoms with van der Waals surface area (Å²) in [4.78, 5) is 7.78. The molecule has 6 nitrogen and oxygen atoms in total. The van der Waals surface area contributed by atoms with Gasteiger partial charge in [0, 0.05) is 12.1 Å². The first-order valence-corrected chi connectivity index (χ1v) is 8.07. The summed E-state index contributed by atoms with van der Waals surface area (Å²) in [5.74, 6) is -0.159. The first-order chi connectivity index (χ1) is 11.5. The molecule has 1 saturated carbocycles. The van der Waals surface area contributed by atoms with Gasteiger partial charge in [-0.1, -0.05) is 11.6 Å². The molecule has 0 aromatic carbocycles. The second-order valence-corrected chi connectivity index (χ2v) is 7.07. The SMILES string of the molecule is CC(C)(O)Cn1ncc(Nc2ncc(C(F)(F)F)c(C3CC3)n2)c1Cl. The number of rotatable bonds is 5. The highest BCUT2D eigenvalue weighted by molar-refractivity contribution is 6.32. The molecule has 0 amide bonds. The fourth-order valence-corrected chi connectivity index (χ4v) is 2.59. The molecule has 136 valence electrons. The van der Waals surface area contributed by atoms with E-state index >= 15 is 0 Å². The van der Waals surface area contributed by atoms with Crippen molar-refractivity contribution in [3.05, 3.63) is 28.8 Å². The molecule has 25 heavy (non-hydrogen) atoms. The fraction of sp³-hybridized carbons (Fsp3) is 0.533. The molecule has 1 fully saturated rings. The second-order valence-electron chi connectivity index (χ2n) is 6.71. The molecule has 0 radical (unpaired) electrons. The topological polar surface area (TPSA) is 75.9 Å². The van der Waals surface area contributed by atoms with E-state index in [1.807, 2.05) is 0 Å². The minimum atomic E-state index is -4.48. The lowest BCUT2D eigenvalue weighted by atomic mass is 10.1. The summed E-state index contributed by atoms with van der Waals surface area (Å²) < 4.78 is 40.6. The first-order valence-electron chi connectivity index (χ1n) is 7.69. The third-order valence-electron chi connectivity index (χ3n) is 3.65. The zero-order valence-electron chi connectivity index (χ0n) is 13.6. The van der Waals surface area contributed by atoms with Crippen LogP contribution in [0.3, 0.4) is 0 Å². The number of alkyl halides is 3. The number of halogens is 4. The Kier molecular flexibility index (Phi) is 4.40. The summed E-state index contributed by atoms with van der Waals surface area (Å²) in [6.07, 6.45) is -0.913. The first kappa shape index (κ1) is 17.9. The Labute approximate surface area is 147 Å². The van der Waals surface area contributed by atoms with Crippen molar-refractivity contribution in [1.82, 2.24) is 19.7 Å². The van der Waals surface area contributed by atoms with Crippen LogP contribution in [0.4, 0.5) is 24.8 Å². The van der Waals surface area contributed by atoms with Crippen LogP contribution in [0.5, 0.6) is 0 Å². The highest BCUT2D eigenvalue weighted by Gasteiger charge is 2.40. The summed E-state index contributed by atoms with van der Waals surface area (Å²) >= 11 is 6.19. The van der Waals surface area contributed by atoms with Crippen molar-refractivity contribution in [3.8, 4) is 0 Å². The number of nitrogens with zero attached hydrogens (tertiary/aromatic N) is 4. The molecule has 0 saturated heterocycles. The van der Waals surface area contributed by atoms with E-state index in [2.05, 4.69) is 20.4 Å². The Bertz CT molecular complexity index is 780. The van der Waals surface area contributed by atoms with Crippen LogP contribution in [-0.2, 0) is 12.7 Å². The Morgan fingerprint density at radius 1 is 1.32 bits per heavy atom. The lowest BCUT2D eigenvalue weighted by Crippen LogP contribution is -2.26. The Hall–Kier alpha value is -1.87. The van der Waals surface area contributed by atoms with Crippen molar-refractivity contribution in [3.63, 3.8) is 0 Å². The monoisotopic (exact) mass is 375 g/mol. The lowest BCUT2D eigenvalue weighted by Gasteiger charge is -2.17. The number of aromatic nitrogens is 4. The number of nitrogens with one attached hydrogen (secondary N) is 1. The van der Waals surface area contributed by atoms with Gasteiger partial charge in [0.25, 0.3) is 0 Å². The van der Waals surface area contributed by atoms with E-state index in [-0.39, 0.29) is 29.3 Å². The molecule has 10 heteroatoms. The largest absolute Gasteiger partial charge is 0.419 e. The predicted octanol–water partition coefficient (Wildman–Crippen LogP) is 3.74. The predicted molar refractivity (Wildman–Crippen MR) is 85.8 cm³/mol. The molecule has 0 spiro atoms. The van der Waals surface area contributed by atoms with Gasteiger partial charge >= 0.3 is 6.18 Å². The van der Waals surface area contributed by atoms with Crippen LogP contribution in [0.2, 0.25) is 5.15 Å². The average Bonchev–Trinajstić information content (AvgIpc) is 3.27. The zero-order chi connectivity index (χ0) is 18.4. The fourth-order valence-electron chi connectivity index (χ4n) is 2.39. The molecule has 2 aromatic heterocycles. The summed E-state index contributed by atoms with van der Waals surface area (Å²) in [7, 11) is 0. The van der Waals surface area contributed by atoms with Crippen molar-refractivity contribution >= 4 is 23.2 Å². The third kappa shape index (κ3) is 4.21. The summed E-state index contributed by atoms with van der Waals surface area (Å²) in [6.45, 7) is 3.38. The van der Waals surface area contributed by atoms with Crippen molar-refractivity contribution in [2.75, 3.05) is 5.32 Å². The molecule has 3 rings (SSSR count). The van der Waals surface area contributed by atoms with Crippen LogP contribution in [-0.4, -0.2) is 30.5 Å². The molecule has 2 heterocycles. The Morgan fingerprint density at radius 3 is 2.56 bits per heavy atom. The van der Waals surface area contributed by atoms with Gasteiger partial charge in [0.15, 0.2) is 5.15 Å². The highest BCUT2D eigenvalue weighted by atomic mass is 35.5. The summed E-state index contributed by atoms with van der Waals surface area (Å²) in [5, 5.41) is 16.9. The minimum absolute atomic E-state index is 0.00464. The van der Waals surface area contributed by atoms with Crippen LogP contribution in [0.15, 0.2) is 12.4 Å². The molecule has 2 N–H and O–H groups in total. The molecule has 0 atom stereocenters. The molecular formula is C15H17ClF3N5O. The normalized spacial score (nSPS) is 15.5. The minimum Gasteiger partial charge on any atom is -0.389 e. The van der Waals surface area contributed by atoms with Gasteiger partial charge in [-0.2, -0.15) is 18.3 Å². The van der Waals surface area contributed by atoms with E-state index in [1.165, 1.54) is 10.9 Å². The van der Waals surface area contributed by atoms with Crippen molar-refractivity contribution in [2.45, 2.75) is 50.9 Å². The molecule has 1 aliphatic carbocycles. The Balaban J connectivity index is 1.85. The maximum absolute atomic E-state index is 13.1. The smallest absolute Gasteiger partial charge is 0.389 e. The van der Waals surface area contributed by atoms with E-state index in [0.717, 1.165) is 6.20 Å². The van der Waals surface area contributed by atoms with Gasteiger partial charge in [-0.25, -0.2) is 14.6 Å². The van der Waals surface area contributed by atoms with Crippen molar-refractivity contribution < 1.29 is 18.3 Å². The standard InChI is InChI=1S/C15H17ClF3N5O/c1-14(2,25)7-24-12(16)10(6-21-24)22-13-20-5-9(15(17,18)19)11(23-13)8-3-4-8/h5-6,8,25H,3-4,7H2,1-2H3,(H,20,22,23). The van der Waals surface area contributed by atoms with E-state index in [1.54, 1.807) is 13.8 Å². The Morgan fingerprint density at radius 2 is 2.00 bits per heavy atom. The number of aliphatic hydroxyl groups is 1. The lowest BCUT2D eigenvalue weighted by molar-refractivity contribution is -0.138. The summed E-state index contributed by atoms with van der Waals surface area (Å²) in [5.41, 5.74) is -1.46. The quantitative estimate of drug-likeness (QED) is 0.832.